The predicted octanol–water partition coefficient (Wildman–Crippen LogP) is 5.96. The van der Waals surface area contributed by atoms with Gasteiger partial charge in [0.1, 0.15) is 5.75 Å². The van der Waals surface area contributed by atoms with Gasteiger partial charge in [-0.05, 0) is 35.7 Å². The third kappa shape index (κ3) is 5.99. The molecule has 2 atom stereocenters. The van der Waals surface area contributed by atoms with Crippen molar-refractivity contribution in [1.82, 2.24) is 0 Å². The second-order valence-corrected chi connectivity index (χ2v) is 8.39. The van der Waals surface area contributed by atoms with E-state index in [4.69, 9.17) is 21.1 Å². The van der Waals surface area contributed by atoms with Crippen LogP contribution in [0.3, 0.4) is 0 Å². The largest absolute Gasteiger partial charge is 0.497 e. The number of rotatable bonds is 10. The fourth-order valence-corrected chi connectivity index (χ4v) is 4.38. The number of hydrogen-bond acceptors (Lipinski definition) is 5. The zero-order valence-electron chi connectivity index (χ0n) is 17.5. The molecule has 0 bridgehead atoms. The Bertz CT molecular complexity index is 885. The van der Waals surface area contributed by atoms with Crippen LogP contribution in [0.1, 0.15) is 37.5 Å². The summed E-state index contributed by atoms with van der Waals surface area (Å²) in [5.41, 5.74) is 0.885. The highest BCUT2D eigenvalue weighted by Gasteiger charge is 2.30. The fraction of sp³-hybridized carbons (Fsp3) is 0.391. The molecule has 4 nitrogen and oxygen atoms in total. The summed E-state index contributed by atoms with van der Waals surface area (Å²) in [5.74, 6) is -0.0561. The van der Waals surface area contributed by atoms with Gasteiger partial charge in [-0.3, -0.25) is 9.59 Å². The molecule has 0 saturated heterocycles. The number of carbonyl (C=O) groups excluding carboxylic acids is 2. The van der Waals surface area contributed by atoms with Crippen molar-refractivity contribution in [2.45, 2.75) is 37.4 Å². The van der Waals surface area contributed by atoms with E-state index < -0.39 is 16.9 Å². The van der Waals surface area contributed by atoms with Crippen LogP contribution in [0.5, 0.6) is 5.75 Å². The number of ether oxygens (including phenoxy) is 2. The van der Waals surface area contributed by atoms with E-state index in [0.29, 0.717) is 22.6 Å². The summed E-state index contributed by atoms with van der Waals surface area (Å²) < 4.78 is 24.4. The van der Waals surface area contributed by atoms with Gasteiger partial charge in [0.05, 0.1) is 13.7 Å². The highest BCUT2D eigenvalue weighted by Crippen LogP contribution is 2.37. The Balaban J connectivity index is 2.42. The first-order valence-corrected chi connectivity index (χ1v) is 11.1. The molecule has 0 fully saturated rings. The second-order valence-electron chi connectivity index (χ2n) is 6.91. The van der Waals surface area contributed by atoms with Crippen LogP contribution in [-0.2, 0) is 20.1 Å². The lowest BCUT2D eigenvalue weighted by atomic mass is 9.96. The first-order valence-electron chi connectivity index (χ1n) is 9.66. The normalized spacial score (nSPS) is 13.0. The topological polar surface area (TPSA) is 52.6 Å². The predicted molar refractivity (Wildman–Crippen MR) is 120 cm³/mol. The highest BCUT2D eigenvalue weighted by molar-refractivity contribution is 8.00. The van der Waals surface area contributed by atoms with Gasteiger partial charge in [-0.25, -0.2) is 4.39 Å². The van der Waals surface area contributed by atoms with Crippen molar-refractivity contribution in [3.63, 3.8) is 0 Å². The number of ketones is 1. The quantitative estimate of drug-likeness (QED) is 0.253. The lowest BCUT2D eigenvalue weighted by Gasteiger charge is -2.19. The van der Waals surface area contributed by atoms with E-state index in [1.54, 1.807) is 64.3 Å². The molecule has 0 heterocycles. The van der Waals surface area contributed by atoms with Crippen molar-refractivity contribution in [3.8, 4) is 16.9 Å². The van der Waals surface area contributed by atoms with E-state index in [9.17, 15) is 14.0 Å². The van der Waals surface area contributed by atoms with Gasteiger partial charge in [-0.2, -0.15) is 0 Å². The number of methoxy groups -OCH3 is 1. The number of Topliss-reactive ketones (excluding diaryl/α,β-unsaturated/α-hetero) is 1. The minimum atomic E-state index is -1.66. The van der Waals surface area contributed by atoms with Crippen LogP contribution in [-0.4, -0.2) is 30.7 Å². The van der Waals surface area contributed by atoms with Crippen LogP contribution >= 0.6 is 23.4 Å². The molecule has 0 aliphatic carbocycles. The molecule has 2 aromatic carbocycles. The van der Waals surface area contributed by atoms with Gasteiger partial charge in [0, 0.05) is 17.2 Å². The summed E-state index contributed by atoms with van der Waals surface area (Å²) >= 11 is 6.96. The third-order valence-electron chi connectivity index (χ3n) is 4.54. The van der Waals surface area contributed by atoms with Gasteiger partial charge in [0.15, 0.2) is 16.7 Å². The summed E-state index contributed by atoms with van der Waals surface area (Å²) in [4.78, 5) is 24.9. The zero-order chi connectivity index (χ0) is 22.3. The smallest absolute Gasteiger partial charge is 0.326 e. The van der Waals surface area contributed by atoms with Gasteiger partial charge >= 0.3 is 5.97 Å². The van der Waals surface area contributed by atoms with Crippen molar-refractivity contribution in [1.29, 1.82) is 0 Å². The average molecular weight is 453 g/mol. The molecule has 0 N–H and O–H groups in total. The van der Waals surface area contributed by atoms with Crippen LogP contribution in [0.4, 0.5) is 4.39 Å². The minimum Gasteiger partial charge on any atom is -0.497 e. The molecule has 30 heavy (non-hydrogen) atoms. The molecule has 2 rings (SSSR count). The monoisotopic (exact) mass is 452 g/mol. The van der Waals surface area contributed by atoms with E-state index >= 15 is 0 Å². The molecule has 0 aliphatic heterocycles. The molecule has 0 amide bonds. The molecule has 0 radical (unpaired) electrons. The number of carbonyl (C=O) groups is 2. The van der Waals surface area contributed by atoms with Crippen LogP contribution in [0.15, 0.2) is 42.5 Å². The van der Waals surface area contributed by atoms with Crippen LogP contribution in [0, 0.1) is 5.92 Å². The first kappa shape index (κ1) is 24.2. The average Bonchev–Trinajstić information content (AvgIpc) is 2.73. The van der Waals surface area contributed by atoms with Gasteiger partial charge in [-0.1, -0.05) is 55.8 Å². The van der Waals surface area contributed by atoms with Crippen molar-refractivity contribution in [2.75, 3.05) is 13.7 Å². The molecule has 0 aliphatic rings. The summed E-state index contributed by atoms with van der Waals surface area (Å²) in [6.07, 6.45) is 0. The first-order chi connectivity index (χ1) is 14.3. The molecule has 162 valence electrons. The fourth-order valence-electron chi connectivity index (χ4n) is 2.95. The maximum Gasteiger partial charge on any atom is 0.326 e. The van der Waals surface area contributed by atoms with Crippen LogP contribution in [0.25, 0.3) is 11.1 Å². The number of benzene rings is 2. The standard InChI is InChI=1S/C23H26ClFO4S/c1-5-29-23(27)21(20(26)14(2)3)30-13-15-10-11-16(28-4)12-19(15)17-8-6-7-9-18(17)22(24)25/h6-12,14,21-22H,5,13H2,1-4H3. The van der Waals surface area contributed by atoms with Crippen molar-refractivity contribution >= 4 is 35.1 Å². The number of thioether (sulfide) groups is 1. The summed E-state index contributed by atoms with van der Waals surface area (Å²) in [6.45, 7) is 5.42. The van der Waals surface area contributed by atoms with Crippen molar-refractivity contribution in [3.05, 3.63) is 53.6 Å². The summed E-state index contributed by atoms with van der Waals surface area (Å²) in [5, 5.41) is -0.919. The Morgan fingerprint density at radius 2 is 1.83 bits per heavy atom. The van der Waals surface area contributed by atoms with E-state index in [1.807, 2.05) is 6.07 Å². The van der Waals surface area contributed by atoms with E-state index in [2.05, 4.69) is 0 Å². The van der Waals surface area contributed by atoms with Gasteiger partial charge < -0.3 is 9.47 Å². The Morgan fingerprint density at radius 3 is 2.43 bits per heavy atom. The van der Waals surface area contributed by atoms with Gasteiger partial charge in [-0.15, -0.1) is 11.8 Å². The molecule has 0 spiro atoms. The van der Waals surface area contributed by atoms with Gasteiger partial charge in [0.25, 0.3) is 0 Å². The van der Waals surface area contributed by atoms with Crippen molar-refractivity contribution in [2.24, 2.45) is 5.92 Å². The lowest BCUT2D eigenvalue weighted by Crippen LogP contribution is -2.32. The maximum absolute atomic E-state index is 14.0. The molecule has 0 aromatic heterocycles. The minimum absolute atomic E-state index is 0.182. The molecule has 2 unspecified atom stereocenters. The summed E-state index contributed by atoms with van der Waals surface area (Å²) in [6, 6.07) is 12.4. The third-order valence-corrected chi connectivity index (χ3v) is 6.01. The van der Waals surface area contributed by atoms with E-state index in [0.717, 1.165) is 11.1 Å². The molecule has 0 saturated carbocycles. The Morgan fingerprint density at radius 1 is 1.13 bits per heavy atom. The lowest BCUT2D eigenvalue weighted by molar-refractivity contribution is -0.145. The SMILES string of the molecule is CCOC(=O)C(SCc1ccc(OC)cc1-c1ccccc1C(F)Cl)C(=O)C(C)C. The van der Waals surface area contributed by atoms with Crippen LogP contribution < -0.4 is 4.74 Å². The number of halogens is 2. The molecular formula is C23H26ClFO4S. The molecular weight excluding hydrogens is 427 g/mol. The Labute approximate surface area is 186 Å². The van der Waals surface area contributed by atoms with Crippen LogP contribution in [0.2, 0.25) is 0 Å². The van der Waals surface area contributed by atoms with E-state index in [-0.39, 0.29) is 18.3 Å². The zero-order valence-corrected chi connectivity index (χ0v) is 19.1. The highest BCUT2D eigenvalue weighted by atomic mass is 35.5. The number of alkyl halides is 2. The summed E-state index contributed by atoms with van der Waals surface area (Å²) in [7, 11) is 1.55. The van der Waals surface area contributed by atoms with Gasteiger partial charge in [0.2, 0.25) is 0 Å². The molecule has 7 heteroatoms. The number of hydrogen-bond donors (Lipinski definition) is 0. The van der Waals surface area contributed by atoms with Crippen molar-refractivity contribution < 1.29 is 23.5 Å². The molecule has 2 aromatic rings. The Kier molecular flexibility index (Phi) is 9.18. The maximum atomic E-state index is 14.0. The van der Waals surface area contributed by atoms with E-state index in [1.165, 1.54) is 11.8 Å². The second kappa shape index (κ2) is 11.4. The Hall–Kier alpha value is -2.05. The number of esters is 1.